The van der Waals surface area contributed by atoms with Crippen LogP contribution < -0.4 is 10.6 Å². The summed E-state index contributed by atoms with van der Waals surface area (Å²) in [7, 11) is 0. The van der Waals surface area contributed by atoms with Crippen LogP contribution in [-0.4, -0.2) is 22.1 Å². The summed E-state index contributed by atoms with van der Waals surface area (Å²) < 4.78 is 0. The molecular weight excluding hydrogens is 284 g/mol. The lowest BCUT2D eigenvalue weighted by molar-refractivity contribution is -0.117. The first-order valence-electron chi connectivity index (χ1n) is 7.08. The molecule has 0 saturated carbocycles. The molecule has 6 heteroatoms. The van der Waals surface area contributed by atoms with Crippen LogP contribution in [0.25, 0.3) is 0 Å². The molecule has 0 aliphatic rings. The van der Waals surface area contributed by atoms with Crippen LogP contribution >= 0.6 is 11.3 Å². The Morgan fingerprint density at radius 1 is 1.33 bits per heavy atom. The van der Waals surface area contributed by atoms with Crippen molar-refractivity contribution in [2.24, 2.45) is 0 Å². The molecule has 0 unspecified atom stereocenters. The molecule has 2 N–H and O–H groups in total. The Bertz CT molecular complexity index is 611. The summed E-state index contributed by atoms with van der Waals surface area (Å²) in [5, 5.41) is 15.5. The van der Waals surface area contributed by atoms with Crippen LogP contribution in [0.15, 0.2) is 24.3 Å². The molecule has 1 aromatic carbocycles. The van der Waals surface area contributed by atoms with Crippen molar-refractivity contribution in [2.75, 3.05) is 10.6 Å². The van der Waals surface area contributed by atoms with E-state index in [0.29, 0.717) is 11.6 Å². The van der Waals surface area contributed by atoms with Gasteiger partial charge in [-0.15, -0.1) is 10.2 Å². The Kier molecular flexibility index (Phi) is 5.27. The third-order valence-corrected chi connectivity index (χ3v) is 4.07. The standard InChI is InChI=1S/C15H20N4OS/c1-4-12(16-11-8-6-7-10(3)9-11)14(20)17-15-19-18-13(5-2)21-15/h6-9,12,16H,4-5H2,1-3H3,(H,17,19,20)/t12-/m1/s1. The molecular formula is C15H20N4OS. The lowest BCUT2D eigenvalue weighted by Crippen LogP contribution is -2.34. The second-order valence-corrected chi connectivity index (χ2v) is 5.88. The van der Waals surface area contributed by atoms with E-state index in [9.17, 15) is 4.79 Å². The summed E-state index contributed by atoms with van der Waals surface area (Å²) in [4.78, 5) is 12.3. The van der Waals surface area contributed by atoms with Gasteiger partial charge in [-0.2, -0.15) is 0 Å². The molecule has 0 saturated heterocycles. The molecule has 2 rings (SSSR count). The highest BCUT2D eigenvalue weighted by molar-refractivity contribution is 7.15. The van der Waals surface area contributed by atoms with Crippen molar-refractivity contribution in [1.29, 1.82) is 0 Å². The van der Waals surface area contributed by atoms with Gasteiger partial charge in [-0.3, -0.25) is 10.1 Å². The monoisotopic (exact) mass is 304 g/mol. The zero-order valence-corrected chi connectivity index (χ0v) is 13.3. The minimum Gasteiger partial charge on any atom is -0.374 e. The number of aryl methyl sites for hydroxylation is 2. The van der Waals surface area contributed by atoms with Crippen molar-refractivity contribution in [1.82, 2.24) is 10.2 Å². The molecule has 0 bridgehead atoms. The smallest absolute Gasteiger partial charge is 0.248 e. The molecule has 0 aliphatic heterocycles. The number of anilines is 2. The number of nitrogens with zero attached hydrogens (tertiary/aromatic N) is 2. The molecule has 0 spiro atoms. The zero-order chi connectivity index (χ0) is 15.2. The van der Waals surface area contributed by atoms with Crippen molar-refractivity contribution < 1.29 is 4.79 Å². The van der Waals surface area contributed by atoms with Crippen LogP contribution in [0.3, 0.4) is 0 Å². The first-order chi connectivity index (χ1) is 10.1. The zero-order valence-electron chi connectivity index (χ0n) is 12.5. The number of carbonyl (C=O) groups excluding carboxylic acids is 1. The Morgan fingerprint density at radius 2 is 2.14 bits per heavy atom. The van der Waals surface area contributed by atoms with E-state index in [1.807, 2.05) is 45.0 Å². The molecule has 0 aliphatic carbocycles. The first-order valence-corrected chi connectivity index (χ1v) is 7.90. The molecule has 0 fully saturated rings. The molecule has 1 atom stereocenters. The Labute approximate surface area is 128 Å². The molecule has 1 aromatic heterocycles. The second-order valence-electron chi connectivity index (χ2n) is 4.82. The van der Waals surface area contributed by atoms with Gasteiger partial charge >= 0.3 is 0 Å². The maximum absolute atomic E-state index is 12.3. The maximum Gasteiger partial charge on any atom is 0.248 e. The van der Waals surface area contributed by atoms with Gasteiger partial charge in [0.25, 0.3) is 0 Å². The van der Waals surface area contributed by atoms with Gasteiger partial charge in [0.15, 0.2) is 0 Å². The fourth-order valence-corrected chi connectivity index (χ4v) is 2.61. The van der Waals surface area contributed by atoms with Gasteiger partial charge in [0.05, 0.1) is 0 Å². The largest absolute Gasteiger partial charge is 0.374 e. The number of benzene rings is 1. The second kappa shape index (κ2) is 7.17. The highest BCUT2D eigenvalue weighted by Gasteiger charge is 2.18. The molecule has 21 heavy (non-hydrogen) atoms. The number of amides is 1. The highest BCUT2D eigenvalue weighted by Crippen LogP contribution is 2.17. The van der Waals surface area contributed by atoms with Crippen LogP contribution in [-0.2, 0) is 11.2 Å². The average Bonchev–Trinajstić information content (AvgIpc) is 2.92. The van der Waals surface area contributed by atoms with Crippen molar-refractivity contribution in [2.45, 2.75) is 39.7 Å². The third kappa shape index (κ3) is 4.26. The minimum absolute atomic E-state index is 0.0854. The van der Waals surface area contributed by atoms with Crippen molar-refractivity contribution in [3.8, 4) is 0 Å². The van der Waals surface area contributed by atoms with Crippen molar-refractivity contribution in [3.05, 3.63) is 34.8 Å². The first kappa shape index (κ1) is 15.4. The quantitative estimate of drug-likeness (QED) is 0.860. The highest BCUT2D eigenvalue weighted by atomic mass is 32.1. The Balaban J connectivity index is 2.01. The molecule has 112 valence electrons. The van der Waals surface area contributed by atoms with Gasteiger partial charge in [-0.05, 0) is 37.5 Å². The van der Waals surface area contributed by atoms with E-state index in [1.165, 1.54) is 11.3 Å². The number of aromatic nitrogens is 2. The Hall–Kier alpha value is -1.95. The summed E-state index contributed by atoms with van der Waals surface area (Å²) in [5.74, 6) is -0.0854. The molecule has 2 aromatic rings. The molecule has 1 heterocycles. The van der Waals surface area contributed by atoms with E-state index < -0.39 is 0 Å². The molecule has 1 amide bonds. The normalized spacial score (nSPS) is 12.0. The van der Waals surface area contributed by atoms with Crippen molar-refractivity contribution in [3.63, 3.8) is 0 Å². The van der Waals surface area contributed by atoms with Gasteiger partial charge in [0.2, 0.25) is 11.0 Å². The number of nitrogens with one attached hydrogen (secondary N) is 2. The van der Waals surface area contributed by atoms with Crippen LogP contribution in [0.5, 0.6) is 0 Å². The maximum atomic E-state index is 12.3. The summed E-state index contributed by atoms with van der Waals surface area (Å²) in [6.07, 6.45) is 1.52. The van der Waals surface area contributed by atoms with Gasteiger partial charge in [0, 0.05) is 5.69 Å². The van der Waals surface area contributed by atoms with Crippen LogP contribution in [0.4, 0.5) is 10.8 Å². The van der Waals surface area contributed by atoms with Gasteiger partial charge < -0.3 is 5.32 Å². The third-order valence-electron chi connectivity index (χ3n) is 3.08. The number of hydrogen-bond acceptors (Lipinski definition) is 5. The van der Waals surface area contributed by atoms with Crippen molar-refractivity contribution >= 4 is 28.1 Å². The van der Waals surface area contributed by atoms with Crippen LogP contribution in [0, 0.1) is 6.92 Å². The fourth-order valence-electron chi connectivity index (χ4n) is 1.93. The SMILES string of the molecule is CCc1nnc(NC(=O)[C@@H](CC)Nc2cccc(C)c2)s1. The summed E-state index contributed by atoms with van der Waals surface area (Å²) in [6.45, 7) is 6.02. The summed E-state index contributed by atoms with van der Waals surface area (Å²) >= 11 is 1.42. The van der Waals surface area contributed by atoms with Crippen LogP contribution in [0.2, 0.25) is 0 Å². The predicted octanol–water partition coefficient (Wildman–Crippen LogP) is 3.24. The van der Waals surface area contributed by atoms with Gasteiger partial charge in [-0.25, -0.2) is 0 Å². The van der Waals surface area contributed by atoms with Crippen LogP contribution in [0.1, 0.15) is 30.8 Å². The van der Waals surface area contributed by atoms with E-state index in [4.69, 9.17) is 0 Å². The topological polar surface area (TPSA) is 66.9 Å². The number of hydrogen-bond donors (Lipinski definition) is 2. The van der Waals surface area contributed by atoms with E-state index in [1.54, 1.807) is 0 Å². The van der Waals surface area contributed by atoms with Gasteiger partial charge in [-0.1, -0.05) is 37.3 Å². The fraction of sp³-hybridized carbons (Fsp3) is 0.400. The lowest BCUT2D eigenvalue weighted by Gasteiger charge is -2.17. The molecule has 5 nitrogen and oxygen atoms in total. The predicted molar refractivity (Wildman–Crippen MR) is 86.8 cm³/mol. The van der Waals surface area contributed by atoms with E-state index in [0.717, 1.165) is 22.7 Å². The van der Waals surface area contributed by atoms with Gasteiger partial charge in [0.1, 0.15) is 11.0 Å². The van der Waals surface area contributed by atoms with E-state index in [2.05, 4.69) is 20.8 Å². The molecule has 0 radical (unpaired) electrons. The Morgan fingerprint density at radius 3 is 2.76 bits per heavy atom. The average molecular weight is 304 g/mol. The lowest BCUT2D eigenvalue weighted by atomic mass is 10.1. The van der Waals surface area contributed by atoms with E-state index in [-0.39, 0.29) is 11.9 Å². The summed E-state index contributed by atoms with van der Waals surface area (Å²) in [6, 6.07) is 7.69. The summed E-state index contributed by atoms with van der Waals surface area (Å²) in [5.41, 5.74) is 2.11. The number of rotatable bonds is 6. The van der Waals surface area contributed by atoms with E-state index >= 15 is 0 Å². The number of carbonyl (C=O) groups is 1. The minimum atomic E-state index is -0.291.